The predicted molar refractivity (Wildman–Crippen MR) is 72.5 cm³/mol. The molecule has 2 nitrogen and oxygen atoms in total. The lowest BCUT2D eigenvalue weighted by Crippen LogP contribution is -2.42. The lowest BCUT2D eigenvalue weighted by molar-refractivity contribution is -0.191. The smallest absolute Gasteiger partial charge is 0.393 e. The van der Waals surface area contributed by atoms with Crippen LogP contribution in [0.15, 0.2) is 23.2 Å². The number of phenolic OH excluding ortho intramolecular Hbond substituents is 1. The third kappa shape index (κ3) is 3.54. The Bertz CT molecular complexity index is 527. The highest BCUT2D eigenvalue weighted by molar-refractivity contribution is 5.84. The third-order valence-electron chi connectivity index (χ3n) is 3.85. The second-order valence-electron chi connectivity index (χ2n) is 5.38. The zero-order valence-corrected chi connectivity index (χ0v) is 11.6. The molecule has 1 aromatic rings. The van der Waals surface area contributed by atoms with Crippen LogP contribution in [0.3, 0.4) is 0 Å². The minimum absolute atomic E-state index is 0.0453. The van der Waals surface area contributed by atoms with Crippen molar-refractivity contribution in [1.29, 1.82) is 0 Å². The van der Waals surface area contributed by atoms with E-state index in [1.807, 2.05) is 0 Å². The number of rotatable bonds is 2. The molecule has 6 heteroatoms. The van der Waals surface area contributed by atoms with E-state index in [0.717, 1.165) is 6.21 Å². The fraction of sp³-hybridized carbons (Fsp3) is 0.533. The normalized spacial score (nSPS) is 27.2. The van der Waals surface area contributed by atoms with E-state index >= 15 is 0 Å². The molecule has 0 aliphatic heterocycles. The topological polar surface area (TPSA) is 32.6 Å². The third-order valence-corrected chi connectivity index (χ3v) is 3.85. The van der Waals surface area contributed by atoms with Crippen LogP contribution in [0.25, 0.3) is 0 Å². The van der Waals surface area contributed by atoms with Gasteiger partial charge in [0.15, 0.2) is 0 Å². The van der Waals surface area contributed by atoms with Gasteiger partial charge in [-0.25, -0.2) is 4.39 Å². The van der Waals surface area contributed by atoms with Gasteiger partial charge < -0.3 is 5.11 Å². The van der Waals surface area contributed by atoms with E-state index in [-0.39, 0.29) is 25.0 Å². The Morgan fingerprint density at radius 1 is 1.29 bits per heavy atom. The van der Waals surface area contributed by atoms with Crippen LogP contribution in [-0.4, -0.2) is 29.7 Å². The van der Waals surface area contributed by atoms with Crippen molar-refractivity contribution in [2.24, 2.45) is 10.9 Å². The van der Waals surface area contributed by atoms with Gasteiger partial charge in [0.25, 0.3) is 0 Å². The molecule has 0 spiro atoms. The van der Waals surface area contributed by atoms with Gasteiger partial charge in [-0.1, -0.05) is 12.1 Å². The van der Waals surface area contributed by atoms with Gasteiger partial charge >= 0.3 is 6.18 Å². The molecule has 116 valence electrons. The van der Waals surface area contributed by atoms with E-state index in [2.05, 4.69) is 4.99 Å². The van der Waals surface area contributed by atoms with Crippen molar-refractivity contribution < 1.29 is 22.7 Å². The fourth-order valence-electron chi connectivity index (χ4n) is 2.63. The van der Waals surface area contributed by atoms with Crippen molar-refractivity contribution >= 4 is 6.21 Å². The molecule has 0 heterocycles. The van der Waals surface area contributed by atoms with Gasteiger partial charge in [-0.2, -0.15) is 13.2 Å². The predicted octanol–water partition coefficient (Wildman–Crippen LogP) is 4.19. The molecule has 3 atom stereocenters. The average Bonchev–Trinajstić information content (AvgIpc) is 2.40. The first-order valence-corrected chi connectivity index (χ1v) is 6.83. The van der Waals surface area contributed by atoms with E-state index < -0.39 is 24.3 Å². The monoisotopic (exact) mass is 303 g/mol. The summed E-state index contributed by atoms with van der Waals surface area (Å²) >= 11 is 0. The first-order valence-electron chi connectivity index (χ1n) is 6.83. The van der Waals surface area contributed by atoms with Gasteiger partial charge in [0.1, 0.15) is 11.9 Å². The number of hydrogen-bond acceptors (Lipinski definition) is 2. The van der Waals surface area contributed by atoms with Crippen LogP contribution >= 0.6 is 0 Å². The summed E-state index contributed by atoms with van der Waals surface area (Å²) in [7, 11) is 0. The maximum atomic E-state index is 13.8. The van der Waals surface area contributed by atoms with Crippen LogP contribution in [0.5, 0.6) is 5.75 Å². The van der Waals surface area contributed by atoms with Crippen molar-refractivity contribution in [1.82, 2.24) is 0 Å². The number of phenols is 1. The molecule has 1 N–H and O–H groups in total. The van der Waals surface area contributed by atoms with Crippen molar-refractivity contribution in [2.45, 2.75) is 44.6 Å². The van der Waals surface area contributed by atoms with Crippen LogP contribution in [0.1, 0.15) is 30.4 Å². The largest absolute Gasteiger partial charge is 0.507 e. The van der Waals surface area contributed by atoms with Gasteiger partial charge in [-0.3, -0.25) is 4.99 Å². The number of aromatic hydroxyl groups is 1. The summed E-state index contributed by atoms with van der Waals surface area (Å²) in [6.45, 7) is 1.67. The molecule has 21 heavy (non-hydrogen) atoms. The Balaban J connectivity index is 2.25. The molecular formula is C15H17F4NO. The van der Waals surface area contributed by atoms with Crippen molar-refractivity contribution in [3.05, 3.63) is 29.3 Å². The van der Waals surface area contributed by atoms with Gasteiger partial charge in [0.05, 0.1) is 12.0 Å². The highest BCUT2D eigenvalue weighted by Crippen LogP contribution is 2.40. The van der Waals surface area contributed by atoms with Crippen LogP contribution in [0, 0.1) is 12.8 Å². The Labute approximate surface area is 120 Å². The molecule has 1 aliphatic rings. The van der Waals surface area contributed by atoms with E-state index in [0.29, 0.717) is 11.1 Å². The van der Waals surface area contributed by atoms with Crippen LogP contribution in [0.2, 0.25) is 0 Å². The number of hydrogen-bond donors (Lipinski definition) is 1. The number of benzene rings is 1. The first-order chi connectivity index (χ1) is 9.80. The van der Waals surface area contributed by atoms with Crippen molar-refractivity contribution in [3.8, 4) is 5.75 Å². The maximum absolute atomic E-state index is 13.8. The standard InChI is InChI=1S/C15H17F4NO/c1-9-4-2-5-10(14(9)21)8-20-13-11(15(17,18)19)6-3-7-12(13)16/h2,4-5,8,11-13,21H,3,6-7H2,1H3. The lowest BCUT2D eigenvalue weighted by Gasteiger charge is -2.32. The highest BCUT2D eigenvalue weighted by Gasteiger charge is 2.49. The second-order valence-corrected chi connectivity index (χ2v) is 5.38. The minimum atomic E-state index is -4.46. The van der Waals surface area contributed by atoms with E-state index in [1.54, 1.807) is 19.1 Å². The molecule has 3 unspecified atom stereocenters. The average molecular weight is 303 g/mol. The van der Waals surface area contributed by atoms with Crippen molar-refractivity contribution in [2.75, 3.05) is 0 Å². The molecular weight excluding hydrogens is 286 g/mol. The number of alkyl halides is 4. The summed E-state index contributed by atoms with van der Waals surface area (Å²) in [6.07, 6.45) is -4.72. The summed E-state index contributed by atoms with van der Waals surface area (Å²) in [4.78, 5) is 3.80. The number of aryl methyl sites for hydroxylation is 1. The van der Waals surface area contributed by atoms with Gasteiger partial charge in [-0.15, -0.1) is 0 Å². The summed E-state index contributed by atoms with van der Waals surface area (Å²) in [6, 6.07) is 3.43. The minimum Gasteiger partial charge on any atom is -0.507 e. The summed E-state index contributed by atoms with van der Waals surface area (Å²) in [5.41, 5.74) is 0.889. The number of para-hydroxylation sites is 1. The van der Waals surface area contributed by atoms with E-state index in [4.69, 9.17) is 0 Å². The van der Waals surface area contributed by atoms with Gasteiger partial charge in [0, 0.05) is 11.8 Å². The first kappa shape index (κ1) is 15.8. The Morgan fingerprint density at radius 3 is 2.67 bits per heavy atom. The summed E-state index contributed by atoms with van der Waals surface area (Å²) < 4.78 is 52.7. The second kappa shape index (κ2) is 6.03. The Kier molecular flexibility index (Phi) is 4.54. The molecule has 1 aliphatic carbocycles. The zero-order chi connectivity index (χ0) is 15.6. The number of nitrogens with zero attached hydrogens (tertiary/aromatic N) is 1. The summed E-state index contributed by atoms with van der Waals surface area (Å²) in [5, 5.41) is 9.81. The summed E-state index contributed by atoms with van der Waals surface area (Å²) in [5.74, 6) is -1.81. The number of aliphatic imine (C=N–C) groups is 1. The van der Waals surface area contributed by atoms with Gasteiger partial charge in [-0.05, 0) is 37.8 Å². The molecule has 0 aromatic heterocycles. The maximum Gasteiger partial charge on any atom is 0.393 e. The van der Waals surface area contributed by atoms with E-state index in [1.165, 1.54) is 6.07 Å². The van der Waals surface area contributed by atoms with Crippen LogP contribution in [0.4, 0.5) is 17.6 Å². The molecule has 0 amide bonds. The molecule has 0 radical (unpaired) electrons. The molecule has 1 saturated carbocycles. The zero-order valence-electron chi connectivity index (χ0n) is 11.6. The Morgan fingerprint density at radius 2 is 2.00 bits per heavy atom. The highest BCUT2D eigenvalue weighted by atomic mass is 19.4. The van der Waals surface area contributed by atoms with Gasteiger partial charge in [0.2, 0.25) is 0 Å². The quantitative estimate of drug-likeness (QED) is 0.645. The molecule has 0 bridgehead atoms. The lowest BCUT2D eigenvalue weighted by atomic mass is 9.83. The van der Waals surface area contributed by atoms with Crippen LogP contribution < -0.4 is 0 Å². The fourth-order valence-corrected chi connectivity index (χ4v) is 2.63. The molecule has 1 fully saturated rings. The van der Waals surface area contributed by atoms with Crippen molar-refractivity contribution in [3.63, 3.8) is 0 Å². The molecule has 0 saturated heterocycles. The molecule has 1 aromatic carbocycles. The molecule has 2 rings (SSSR count). The Hall–Kier alpha value is -1.59. The SMILES string of the molecule is Cc1cccc(C=NC2C(F)CCCC2C(F)(F)F)c1O. The number of halogens is 4. The van der Waals surface area contributed by atoms with E-state index in [9.17, 15) is 22.7 Å². The van der Waals surface area contributed by atoms with Crippen LogP contribution in [-0.2, 0) is 0 Å².